The molecule has 5 heteroatoms. The third-order valence-electron chi connectivity index (χ3n) is 0.762. The quantitative estimate of drug-likeness (QED) is 0.643. The zero-order chi connectivity index (χ0) is 6.85. The second-order valence-corrected chi connectivity index (χ2v) is 2.26. The van der Waals surface area contributed by atoms with Crippen LogP contribution in [-0.2, 0) is 0 Å². The SMILES string of the molecule is [NH]c1nc(=O)[nH]cc1Br. The van der Waals surface area contributed by atoms with Gasteiger partial charge in [0.1, 0.15) is 0 Å². The van der Waals surface area contributed by atoms with Crippen LogP contribution in [0.4, 0.5) is 5.82 Å². The lowest BCUT2D eigenvalue weighted by molar-refractivity contribution is 1.05. The van der Waals surface area contributed by atoms with Crippen LogP contribution in [0.25, 0.3) is 0 Å². The Morgan fingerprint density at radius 3 is 2.89 bits per heavy atom. The van der Waals surface area contributed by atoms with E-state index in [2.05, 4.69) is 25.9 Å². The van der Waals surface area contributed by atoms with Crippen molar-refractivity contribution in [2.45, 2.75) is 0 Å². The van der Waals surface area contributed by atoms with Crippen LogP contribution in [0.5, 0.6) is 0 Å². The van der Waals surface area contributed by atoms with E-state index in [1.165, 1.54) is 6.20 Å². The minimum Gasteiger partial charge on any atom is -0.311 e. The molecule has 0 saturated heterocycles. The summed E-state index contributed by atoms with van der Waals surface area (Å²) in [6.45, 7) is 0. The van der Waals surface area contributed by atoms with Gasteiger partial charge in [0.05, 0.1) is 4.47 Å². The number of halogens is 1. The first kappa shape index (κ1) is 6.28. The highest BCUT2D eigenvalue weighted by atomic mass is 79.9. The molecule has 0 fully saturated rings. The van der Waals surface area contributed by atoms with Crippen LogP contribution >= 0.6 is 15.9 Å². The standard InChI is InChI=1S/C4H3BrN3O/c5-2-1-7-4(9)8-3(2)6/h1,6H,(H,7,8,9). The Kier molecular flexibility index (Phi) is 1.52. The topological polar surface area (TPSA) is 69.5 Å². The molecule has 0 spiro atoms. The smallest absolute Gasteiger partial charge is 0.311 e. The third-order valence-corrected chi connectivity index (χ3v) is 1.37. The molecule has 9 heavy (non-hydrogen) atoms. The Bertz CT molecular complexity index is 269. The fraction of sp³-hybridized carbons (Fsp3) is 0. The van der Waals surface area contributed by atoms with E-state index in [4.69, 9.17) is 5.73 Å². The highest BCUT2D eigenvalue weighted by Crippen LogP contribution is 2.12. The average Bonchev–Trinajstić information content (AvgIpc) is 1.80. The highest BCUT2D eigenvalue weighted by Gasteiger charge is 1.94. The molecule has 0 aliphatic heterocycles. The first-order valence-corrected chi connectivity index (χ1v) is 2.96. The lowest BCUT2D eigenvalue weighted by Crippen LogP contribution is -2.08. The number of aromatic nitrogens is 2. The summed E-state index contributed by atoms with van der Waals surface area (Å²) in [5.74, 6) is -0.0428. The molecule has 1 radical (unpaired) electrons. The van der Waals surface area contributed by atoms with Crippen molar-refractivity contribution < 1.29 is 0 Å². The van der Waals surface area contributed by atoms with Gasteiger partial charge in [0, 0.05) is 6.20 Å². The fourth-order valence-corrected chi connectivity index (χ4v) is 0.584. The minimum absolute atomic E-state index is 0.0428. The van der Waals surface area contributed by atoms with Crippen molar-refractivity contribution in [2.24, 2.45) is 0 Å². The van der Waals surface area contributed by atoms with Crippen molar-refractivity contribution in [3.63, 3.8) is 0 Å². The first-order valence-electron chi connectivity index (χ1n) is 2.17. The monoisotopic (exact) mass is 188 g/mol. The molecule has 1 rings (SSSR count). The van der Waals surface area contributed by atoms with Gasteiger partial charge in [-0.25, -0.2) is 4.79 Å². The van der Waals surface area contributed by atoms with Crippen molar-refractivity contribution in [3.8, 4) is 0 Å². The van der Waals surface area contributed by atoms with Gasteiger partial charge in [0.25, 0.3) is 0 Å². The predicted molar refractivity (Wildman–Crippen MR) is 35.3 cm³/mol. The van der Waals surface area contributed by atoms with Gasteiger partial charge in [0.2, 0.25) is 0 Å². The second kappa shape index (κ2) is 2.18. The molecule has 47 valence electrons. The van der Waals surface area contributed by atoms with E-state index in [0.29, 0.717) is 4.47 Å². The molecule has 2 N–H and O–H groups in total. The number of rotatable bonds is 0. The summed E-state index contributed by atoms with van der Waals surface area (Å²) in [7, 11) is 0. The number of aromatic amines is 1. The normalized spacial score (nSPS) is 9.44. The maximum atomic E-state index is 10.3. The molecular formula is C4H3BrN3O. The summed E-state index contributed by atoms with van der Waals surface area (Å²) in [6, 6.07) is 0. The summed E-state index contributed by atoms with van der Waals surface area (Å²) >= 11 is 3.01. The van der Waals surface area contributed by atoms with Crippen molar-refractivity contribution in [1.29, 1.82) is 0 Å². The maximum absolute atomic E-state index is 10.3. The van der Waals surface area contributed by atoms with Gasteiger partial charge in [-0.05, 0) is 15.9 Å². The number of nitrogens with zero attached hydrogens (tertiary/aromatic N) is 1. The van der Waals surface area contributed by atoms with Crippen molar-refractivity contribution in [1.82, 2.24) is 15.7 Å². The van der Waals surface area contributed by atoms with E-state index in [-0.39, 0.29) is 5.82 Å². The molecular weight excluding hydrogens is 186 g/mol. The summed E-state index contributed by atoms with van der Waals surface area (Å²) in [4.78, 5) is 15.9. The fourth-order valence-electron chi connectivity index (χ4n) is 0.381. The predicted octanol–water partition coefficient (Wildman–Crippen LogP) is 0.447. The van der Waals surface area contributed by atoms with Gasteiger partial charge < -0.3 is 4.98 Å². The molecule has 1 heterocycles. The highest BCUT2D eigenvalue weighted by molar-refractivity contribution is 9.10. The summed E-state index contributed by atoms with van der Waals surface area (Å²) in [5.41, 5.74) is 6.49. The maximum Gasteiger partial charge on any atom is 0.346 e. The van der Waals surface area contributed by atoms with E-state index in [1.807, 2.05) is 0 Å². The number of H-pyrrole nitrogens is 1. The summed E-state index contributed by atoms with van der Waals surface area (Å²) in [5, 5.41) is 0. The first-order chi connectivity index (χ1) is 4.20. The largest absolute Gasteiger partial charge is 0.346 e. The summed E-state index contributed by atoms with van der Waals surface area (Å²) in [6.07, 6.45) is 1.39. The van der Waals surface area contributed by atoms with Gasteiger partial charge in [-0.3, -0.25) is 5.73 Å². The second-order valence-electron chi connectivity index (χ2n) is 1.40. The van der Waals surface area contributed by atoms with Crippen LogP contribution in [0, 0.1) is 0 Å². The van der Waals surface area contributed by atoms with Crippen LogP contribution in [0.1, 0.15) is 0 Å². The molecule has 0 bridgehead atoms. The Morgan fingerprint density at radius 2 is 2.44 bits per heavy atom. The Hall–Kier alpha value is -0.840. The Morgan fingerprint density at radius 1 is 1.78 bits per heavy atom. The molecule has 0 saturated carbocycles. The molecule has 4 nitrogen and oxygen atoms in total. The Balaban J connectivity index is 3.34. The number of nitrogens with one attached hydrogen (secondary N) is 2. The van der Waals surface area contributed by atoms with E-state index in [1.54, 1.807) is 0 Å². The number of hydrogen-bond donors (Lipinski definition) is 1. The molecule has 0 amide bonds. The molecule has 0 atom stereocenters. The van der Waals surface area contributed by atoms with E-state index >= 15 is 0 Å². The van der Waals surface area contributed by atoms with Crippen LogP contribution in [-0.4, -0.2) is 9.97 Å². The van der Waals surface area contributed by atoms with Gasteiger partial charge in [0.15, 0.2) is 5.82 Å². The molecule has 1 aromatic rings. The lowest BCUT2D eigenvalue weighted by Gasteiger charge is -1.89. The van der Waals surface area contributed by atoms with Gasteiger partial charge in [-0.15, -0.1) is 0 Å². The van der Waals surface area contributed by atoms with Crippen molar-refractivity contribution in [2.75, 3.05) is 0 Å². The Labute approximate surface area is 59.2 Å². The lowest BCUT2D eigenvalue weighted by atomic mass is 10.6. The minimum atomic E-state index is -0.497. The van der Waals surface area contributed by atoms with Gasteiger partial charge in [-0.1, -0.05) is 0 Å². The van der Waals surface area contributed by atoms with Crippen molar-refractivity contribution in [3.05, 3.63) is 21.2 Å². The average molecular weight is 189 g/mol. The van der Waals surface area contributed by atoms with Crippen molar-refractivity contribution >= 4 is 21.7 Å². The molecule has 0 unspecified atom stereocenters. The summed E-state index contributed by atoms with van der Waals surface area (Å²) < 4.78 is 0.488. The number of hydrogen-bond acceptors (Lipinski definition) is 2. The van der Waals surface area contributed by atoms with Gasteiger partial charge >= 0.3 is 5.69 Å². The van der Waals surface area contributed by atoms with Crippen LogP contribution < -0.4 is 11.4 Å². The van der Waals surface area contributed by atoms with Gasteiger partial charge in [-0.2, -0.15) is 4.98 Å². The molecule has 0 aliphatic rings. The zero-order valence-corrected chi connectivity index (χ0v) is 5.90. The molecule has 1 aromatic heterocycles. The van der Waals surface area contributed by atoms with E-state index < -0.39 is 5.69 Å². The molecule has 0 aliphatic carbocycles. The zero-order valence-electron chi connectivity index (χ0n) is 4.31. The van der Waals surface area contributed by atoms with Crippen LogP contribution in [0.3, 0.4) is 0 Å². The van der Waals surface area contributed by atoms with E-state index in [0.717, 1.165) is 0 Å². The van der Waals surface area contributed by atoms with Crippen LogP contribution in [0.2, 0.25) is 0 Å². The third kappa shape index (κ3) is 1.29. The van der Waals surface area contributed by atoms with E-state index in [9.17, 15) is 4.79 Å². The molecule has 0 aromatic carbocycles. The van der Waals surface area contributed by atoms with Crippen LogP contribution in [0.15, 0.2) is 15.5 Å².